The van der Waals surface area contributed by atoms with E-state index in [1.807, 2.05) is 36.4 Å². The summed E-state index contributed by atoms with van der Waals surface area (Å²) in [5, 5.41) is 1.15. The van der Waals surface area contributed by atoms with Crippen molar-refractivity contribution in [3.05, 3.63) is 72.8 Å². The Morgan fingerprint density at radius 3 is 2.44 bits per heavy atom. The Bertz CT molecular complexity index is 1300. The van der Waals surface area contributed by atoms with E-state index in [2.05, 4.69) is 45.4 Å². The molecule has 27 heavy (non-hydrogen) atoms. The highest BCUT2D eigenvalue weighted by atomic mass is 16.5. The lowest BCUT2D eigenvalue weighted by Gasteiger charge is -2.32. The lowest BCUT2D eigenvalue weighted by Crippen LogP contribution is -2.50. The van der Waals surface area contributed by atoms with E-state index in [1.54, 1.807) is 0 Å². The van der Waals surface area contributed by atoms with Gasteiger partial charge in [-0.25, -0.2) is 0 Å². The Kier molecular flexibility index (Phi) is 2.27. The van der Waals surface area contributed by atoms with Crippen LogP contribution in [0.15, 0.2) is 72.8 Å². The summed E-state index contributed by atoms with van der Waals surface area (Å²) in [6, 6.07) is 25.1. The Morgan fingerprint density at radius 2 is 1.52 bits per heavy atom. The van der Waals surface area contributed by atoms with Crippen molar-refractivity contribution >= 4 is 34.4 Å². The summed E-state index contributed by atoms with van der Waals surface area (Å²) >= 11 is 0. The van der Waals surface area contributed by atoms with Crippen LogP contribution < -0.4 is 14.9 Å². The molecule has 0 spiro atoms. The summed E-state index contributed by atoms with van der Waals surface area (Å²) in [6.07, 6.45) is 0. The van der Waals surface area contributed by atoms with Gasteiger partial charge in [-0.2, -0.15) is 4.98 Å². The maximum atomic E-state index is 6.26. The second-order valence-electron chi connectivity index (χ2n) is 6.91. The first-order chi connectivity index (χ1) is 13.4. The van der Waals surface area contributed by atoms with Crippen LogP contribution in [0.2, 0.25) is 0 Å². The van der Waals surface area contributed by atoms with Gasteiger partial charge in [0.2, 0.25) is 0 Å². The van der Waals surface area contributed by atoms with E-state index >= 15 is 0 Å². The van der Waals surface area contributed by atoms with Gasteiger partial charge in [-0.05, 0) is 30.3 Å². The zero-order valence-electron chi connectivity index (χ0n) is 14.2. The molecule has 4 heterocycles. The van der Waals surface area contributed by atoms with Gasteiger partial charge in [0.15, 0.2) is 5.88 Å². The number of aromatic nitrogens is 3. The fraction of sp³-hybridized carbons (Fsp3) is 0. The van der Waals surface area contributed by atoms with Crippen LogP contribution in [0, 0.1) is 0 Å². The second kappa shape index (κ2) is 4.54. The molecule has 0 radical (unpaired) electrons. The lowest BCUT2D eigenvalue weighted by molar-refractivity contribution is 0.416. The molecule has 6 heteroatoms. The average molecular weight is 349 g/mol. The van der Waals surface area contributed by atoms with Gasteiger partial charge in [-0.15, -0.1) is 0 Å². The first kappa shape index (κ1) is 13.5. The van der Waals surface area contributed by atoms with Crippen LogP contribution in [0.25, 0.3) is 21.9 Å². The molecule has 0 atom stereocenters. The Hall–Kier alpha value is -3.67. The van der Waals surface area contributed by atoms with E-state index in [9.17, 15) is 0 Å². The third-order valence-corrected chi connectivity index (χ3v) is 5.47. The minimum Gasteiger partial charge on any atom is -0.442 e. The van der Waals surface area contributed by atoms with Crippen LogP contribution in [0.4, 0.5) is 0 Å². The van der Waals surface area contributed by atoms with Crippen LogP contribution >= 0.6 is 0 Å². The molecule has 5 aromatic rings. The van der Waals surface area contributed by atoms with Crippen LogP contribution in [-0.2, 0) is 0 Å². The summed E-state index contributed by atoms with van der Waals surface area (Å²) < 4.78 is 16.8. The van der Waals surface area contributed by atoms with Crippen molar-refractivity contribution in [3.63, 3.8) is 0 Å². The van der Waals surface area contributed by atoms with E-state index in [0.29, 0.717) is 6.01 Å². The minimum absolute atomic E-state index is 0.101. The monoisotopic (exact) mass is 349 g/mol. The molecule has 0 bridgehead atoms. The molecule has 0 saturated carbocycles. The van der Waals surface area contributed by atoms with Crippen molar-refractivity contribution in [2.75, 3.05) is 0 Å². The van der Waals surface area contributed by atoms with E-state index in [0.717, 1.165) is 44.8 Å². The largest absolute Gasteiger partial charge is 0.442 e. The van der Waals surface area contributed by atoms with Crippen LogP contribution in [0.5, 0.6) is 23.4 Å². The van der Waals surface area contributed by atoms with Crippen LogP contribution in [0.1, 0.15) is 0 Å². The SMILES string of the molecule is c1cc2c3c(c1)Oc1nc4ccccc4n1B3n1c(cc3ccccc31)O2. The molecular weight excluding hydrogens is 337 g/mol. The van der Waals surface area contributed by atoms with Crippen molar-refractivity contribution in [2.24, 2.45) is 0 Å². The molecule has 0 aliphatic carbocycles. The molecule has 0 saturated heterocycles. The third-order valence-electron chi connectivity index (χ3n) is 5.47. The number of fused-ring (bicyclic) bond motifs is 8. The molecule has 2 aliphatic rings. The van der Waals surface area contributed by atoms with E-state index < -0.39 is 0 Å². The van der Waals surface area contributed by atoms with Crippen LogP contribution in [0.3, 0.4) is 0 Å². The molecule has 0 fully saturated rings. The zero-order chi connectivity index (χ0) is 17.5. The topological polar surface area (TPSA) is 41.2 Å². The standard InChI is InChI=1S/C21H12BN3O2/c1-3-8-15-13(6-1)12-19-24(15)22-20-17(26-19)10-5-11-18(20)27-21-23-14-7-2-4-9-16(14)25(21)22/h1-12H. The van der Waals surface area contributed by atoms with Gasteiger partial charge in [0, 0.05) is 17.0 Å². The summed E-state index contributed by atoms with van der Waals surface area (Å²) in [7, 11) is 0. The predicted octanol–water partition coefficient (Wildman–Crippen LogP) is 3.99. The number of nitrogens with zero attached hydrogens (tertiary/aromatic N) is 3. The molecule has 126 valence electrons. The first-order valence-electron chi connectivity index (χ1n) is 8.94. The predicted molar refractivity (Wildman–Crippen MR) is 104 cm³/mol. The number of ether oxygens (including phenoxy) is 2. The number of imidazole rings is 1. The lowest BCUT2D eigenvalue weighted by atomic mass is 9.64. The number of hydrogen-bond donors (Lipinski definition) is 0. The minimum atomic E-state index is -0.101. The van der Waals surface area contributed by atoms with Crippen molar-refractivity contribution in [1.82, 2.24) is 13.9 Å². The van der Waals surface area contributed by atoms with Gasteiger partial charge in [-0.1, -0.05) is 36.4 Å². The van der Waals surface area contributed by atoms with Gasteiger partial charge in [-0.3, -0.25) is 0 Å². The van der Waals surface area contributed by atoms with Gasteiger partial charge in [0.1, 0.15) is 11.5 Å². The van der Waals surface area contributed by atoms with E-state index in [-0.39, 0.29) is 6.98 Å². The Labute approximate surface area is 154 Å². The van der Waals surface area contributed by atoms with E-state index in [1.165, 1.54) is 0 Å². The number of para-hydroxylation sites is 3. The average Bonchev–Trinajstić information content (AvgIpc) is 3.25. The van der Waals surface area contributed by atoms with Gasteiger partial charge in [0.25, 0.3) is 6.01 Å². The molecule has 2 aliphatic heterocycles. The molecular formula is C21H12BN3O2. The Balaban J connectivity index is 1.66. The maximum Gasteiger partial charge on any atom is 0.434 e. The third kappa shape index (κ3) is 1.58. The summed E-state index contributed by atoms with van der Waals surface area (Å²) in [5.41, 5.74) is 4.13. The van der Waals surface area contributed by atoms with Crippen molar-refractivity contribution in [2.45, 2.75) is 0 Å². The van der Waals surface area contributed by atoms with Crippen LogP contribution in [-0.4, -0.2) is 20.9 Å². The van der Waals surface area contributed by atoms with Gasteiger partial charge < -0.3 is 18.4 Å². The van der Waals surface area contributed by atoms with Crippen molar-refractivity contribution in [1.29, 1.82) is 0 Å². The first-order valence-corrected chi connectivity index (χ1v) is 8.94. The fourth-order valence-electron chi connectivity index (χ4n) is 4.35. The fourth-order valence-corrected chi connectivity index (χ4v) is 4.35. The summed E-state index contributed by atoms with van der Waals surface area (Å²) in [4.78, 5) is 4.73. The van der Waals surface area contributed by atoms with Crippen molar-refractivity contribution < 1.29 is 9.47 Å². The van der Waals surface area contributed by atoms with Crippen molar-refractivity contribution in [3.8, 4) is 23.4 Å². The molecule has 3 aromatic carbocycles. The zero-order valence-corrected chi connectivity index (χ0v) is 14.2. The quantitative estimate of drug-likeness (QED) is 0.389. The van der Waals surface area contributed by atoms with E-state index in [4.69, 9.17) is 14.5 Å². The van der Waals surface area contributed by atoms with Gasteiger partial charge >= 0.3 is 6.98 Å². The Morgan fingerprint density at radius 1 is 0.741 bits per heavy atom. The summed E-state index contributed by atoms with van der Waals surface area (Å²) in [5.74, 6) is 2.46. The molecule has 0 N–H and O–H groups in total. The maximum absolute atomic E-state index is 6.26. The highest BCUT2D eigenvalue weighted by Crippen LogP contribution is 2.40. The normalized spacial score (nSPS) is 13.7. The number of benzene rings is 3. The smallest absolute Gasteiger partial charge is 0.434 e. The van der Waals surface area contributed by atoms with Gasteiger partial charge in [0.05, 0.1) is 16.5 Å². The number of hydrogen-bond acceptors (Lipinski definition) is 3. The molecule has 5 nitrogen and oxygen atoms in total. The second-order valence-corrected chi connectivity index (χ2v) is 6.91. The molecule has 0 unspecified atom stereocenters. The highest BCUT2D eigenvalue weighted by Gasteiger charge is 2.43. The highest BCUT2D eigenvalue weighted by molar-refractivity contribution is 6.74. The molecule has 7 rings (SSSR count). The molecule has 0 amide bonds. The summed E-state index contributed by atoms with van der Waals surface area (Å²) in [6.45, 7) is -0.101. The molecule has 2 aromatic heterocycles. The number of rotatable bonds is 0.